The largest absolute Gasteiger partial charge is 0.375 e. The molecule has 2 aliphatic heterocycles. The monoisotopic (exact) mass is 347 g/mol. The highest BCUT2D eigenvalue weighted by atomic mass is 16.5. The third-order valence-corrected chi connectivity index (χ3v) is 5.68. The summed E-state index contributed by atoms with van der Waals surface area (Å²) in [5.41, 5.74) is 0.579. The lowest BCUT2D eigenvalue weighted by Crippen LogP contribution is -2.51. The van der Waals surface area contributed by atoms with Gasteiger partial charge in [0.25, 0.3) is 5.91 Å². The molecule has 2 fully saturated rings. The molecule has 25 heavy (non-hydrogen) atoms. The maximum atomic E-state index is 12.7. The van der Waals surface area contributed by atoms with E-state index < -0.39 is 0 Å². The Morgan fingerprint density at radius 3 is 2.64 bits per heavy atom. The highest BCUT2D eigenvalue weighted by molar-refractivity contribution is 5.92. The number of hydrogen-bond donors (Lipinski definition) is 0. The Morgan fingerprint density at radius 1 is 1.32 bits per heavy atom. The van der Waals surface area contributed by atoms with Crippen molar-refractivity contribution in [1.82, 2.24) is 14.4 Å². The van der Waals surface area contributed by atoms with Gasteiger partial charge >= 0.3 is 0 Å². The number of aromatic nitrogens is 1. The van der Waals surface area contributed by atoms with E-state index in [1.165, 1.54) is 0 Å². The van der Waals surface area contributed by atoms with E-state index in [9.17, 15) is 9.59 Å². The number of nitrogens with zero attached hydrogens (tertiary/aromatic N) is 3. The van der Waals surface area contributed by atoms with Crippen molar-refractivity contribution >= 4 is 11.8 Å². The predicted molar refractivity (Wildman–Crippen MR) is 95.3 cm³/mol. The first-order valence-electron chi connectivity index (χ1n) is 9.15. The van der Waals surface area contributed by atoms with Crippen molar-refractivity contribution < 1.29 is 14.3 Å². The molecule has 6 nitrogen and oxygen atoms in total. The Hall–Kier alpha value is -1.82. The number of amides is 2. The second-order valence-corrected chi connectivity index (χ2v) is 7.68. The minimum atomic E-state index is -0.152. The molecule has 3 rings (SSSR count). The third-order valence-electron chi connectivity index (χ3n) is 5.68. The number of likely N-dealkylation sites (tertiary alicyclic amines) is 1. The van der Waals surface area contributed by atoms with Crippen LogP contribution in [0.2, 0.25) is 0 Å². The van der Waals surface area contributed by atoms with Gasteiger partial charge in [0.05, 0.1) is 5.60 Å². The molecule has 138 valence electrons. The zero-order valence-corrected chi connectivity index (χ0v) is 15.5. The smallest absolute Gasteiger partial charge is 0.270 e. The highest BCUT2D eigenvalue weighted by Gasteiger charge is 2.41. The SMILES string of the molecule is CN(C)C(=O)CC1CCOC2(CCN(C(=O)c3cccn3C)CC2)C1. The summed E-state index contributed by atoms with van der Waals surface area (Å²) in [5, 5.41) is 0. The Balaban J connectivity index is 1.58. The maximum absolute atomic E-state index is 12.7. The fourth-order valence-electron chi connectivity index (χ4n) is 4.04. The van der Waals surface area contributed by atoms with Crippen LogP contribution in [0.5, 0.6) is 0 Å². The molecule has 2 amide bonds. The van der Waals surface area contributed by atoms with E-state index in [0.29, 0.717) is 12.3 Å². The number of aryl methyl sites for hydroxylation is 1. The van der Waals surface area contributed by atoms with Gasteiger partial charge in [-0.25, -0.2) is 0 Å². The van der Waals surface area contributed by atoms with Gasteiger partial charge in [-0.1, -0.05) is 0 Å². The van der Waals surface area contributed by atoms with Crippen LogP contribution >= 0.6 is 0 Å². The molecule has 0 aromatic carbocycles. The maximum Gasteiger partial charge on any atom is 0.270 e. The van der Waals surface area contributed by atoms with Crippen molar-refractivity contribution in [2.45, 2.75) is 37.7 Å². The fraction of sp³-hybridized carbons (Fsp3) is 0.684. The quantitative estimate of drug-likeness (QED) is 0.839. The molecule has 2 aliphatic rings. The Kier molecular flexibility index (Phi) is 5.18. The van der Waals surface area contributed by atoms with Crippen molar-refractivity contribution in [2.75, 3.05) is 33.8 Å². The first-order chi connectivity index (χ1) is 11.9. The van der Waals surface area contributed by atoms with E-state index in [-0.39, 0.29) is 17.4 Å². The normalized spacial score (nSPS) is 22.8. The number of piperidine rings is 1. The molecular formula is C19H29N3O3. The van der Waals surface area contributed by atoms with Crippen LogP contribution in [-0.4, -0.2) is 65.6 Å². The summed E-state index contributed by atoms with van der Waals surface area (Å²) in [6.45, 7) is 2.16. The molecule has 2 saturated heterocycles. The molecule has 0 saturated carbocycles. The van der Waals surface area contributed by atoms with Gasteiger partial charge in [-0.05, 0) is 43.7 Å². The molecule has 0 bridgehead atoms. The molecule has 1 spiro atoms. The van der Waals surface area contributed by atoms with Crippen LogP contribution in [0.1, 0.15) is 42.6 Å². The second kappa shape index (κ2) is 7.20. The third kappa shape index (κ3) is 3.89. The van der Waals surface area contributed by atoms with Crippen molar-refractivity contribution in [3.63, 3.8) is 0 Å². The summed E-state index contributed by atoms with van der Waals surface area (Å²) in [4.78, 5) is 28.3. The van der Waals surface area contributed by atoms with E-state index in [4.69, 9.17) is 4.74 Å². The first-order valence-corrected chi connectivity index (χ1v) is 9.15. The van der Waals surface area contributed by atoms with Crippen molar-refractivity contribution in [3.05, 3.63) is 24.0 Å². The lowest BCUT2D eigenvalue weighted by atomic mass is 9.78. The van der Waals surface area contributed by atoms with Gasteiger partial charge in [0.2, 0.25) is 5.91 Å². The highest BCUT2D eigenvalue weighted by Crippen LogP contribution is 2.39. The van der Waals surface area contributed by atoms with Gasteiger partial charge in [-0.15, -0.1) is 0 Å². The van der Waals surface area contributed by atoms with Gasteiger partial charge in [0.15, 0.2) is 0 Å². The fourth-order valence-corrected chi connectivity index (χ4v) is 4.04. The molecule has 1 aromatic rings. The average Bonchev–Trinajstić information content (AvgIpc) is 3.01. The summed E-state index contributed by atoms with van der Waals surface area (Å²) in [5.74, 6) is 0.676. The Bertz CT molecular complexity index is 630. The van der Waals surface area contributed by atoms with E-state index >= 15 is 0 Å². The van der Waals surface area contributed by atoms with Crippen LogP contribution in [0.25, 0.3) is 0 Å². The van der Waals surface area contributed by atoms with Crippen LogP contribution in [-0.2, 0) is 16.6 Å². The number of carbonyl (C=O) groups is 2. The van der Waals surface area contributed by atoms with E-state index in [1.807, 2.05) is 48.9 Å². The molecule has 6 heteroatoms. The predicted octanol–water partition coefficient (Wildman–Crippen LogP) is 1.90. The van der Waals surface area contributed by atoms with Crippen LogP contribution in [0.4, 0.5) is 0 Å². The number of carbonyl (C=O) groups excluding carboxylic acids is 2. The zero-order valence-electron chi connectivity index (χ0n) is 15.5. The van der Waals surface area contributed by atoms with Crippen LogP contribution < -0.4 is 0 Å². The first kappa shape index (κ1) is 18.0. The molecule has 1 atom stereocenters. The van der Waals surface area contributed by atoms with E-state index in [0.717, 1.165) is 51.1 Å². The lowest BCUT2D eigenvalue weighted by molar-refractivity contribution is -0.139. The van der Waals surface area contributed by atoms with Gasteiger partial charge in [0.1, 0.15) is 5.69 Å². The van der Waals surface area contributed by atoms with Crippen molar-refractivity contribution in [3.8, 4) is 0 Å². The van der Waals surface area contributed by atoms with Gasteiger partial charge < -0.3 is 19.1 Å². The molecule has 0 radical (unpaired) electrons. The molecule has 1 aromatic heterocycles. The molecule has 3 heterocycles. The van der Waals surface area contributed by atoms with Crippen LogP contribution in [0.15, 0.2) is 18.3 Å². The number of rotatable bonds is 3. The molecular weight excluding hydrogens is 318 g/mol. The van der Waals surface area contributed by atoms with E-state index in [1.54, 1.807) is 4.90 Å². The zero-order chi connectivity index (χ0) is 18.0. The summed E-state index contributed by atoms with van der Waals surface area (Å²) < 4.78 is 8.02. The van der Waals surface area contributed by atoms with Crippen molar-refractivity contribution in [2.24, 2.45) is 13.0 Å². The standard InChI is InChI=1S/C19H29N3O3/c1-20(2)17(23)13-15-6-12-25-19(14-15)7-10-22(11-8-19)18(24)16-5-4-9-21(16)3/h4-5,9,15H,6-8,10-14H2,1-3H3. The molecule has 1 unspecified atom stereocenters. The minimum absolute atomic E-state index is 0.0949. The van der Waals surface area contributed by atoms with Crippen LogP contribution in [0, 0.1) is 5.92 Å². The lowest BCUT2D eigenvalue weighted by Gasteiger charge is -2.46. The summed E-state index contributed by atoms with van der Waals surface area (Å²) in [7, 11) is 5.52. The van der Waals surface area contributed by atoms with Crippen LogP contribution in [0.3, 0.4) is 0 Å². The number of hydrogen-bond acceptors (Lipinski definition) is 3. The van der Waals surface area contributed by atoms with Crippen molar-refractivity contribution in [1.29, 1.82) is 0 Å². The molecule has 0 N–H and O–H groups in total. The summed E-state index contributed by atoms with van der Waals surface area (Å²) in [6, 6.07) is 3.77. The Labute approximate surface area is 149 Å². The van der Waals surface area contributed by atoms with Gasteiger partial charge in [-0.2, -0.15) is 0 Å². The minimum Gasteiger partial charge on any atom is -0.375 e. The molecule has 0 aliphatic carbocycles. The second-order valence-electron chi connectivity index (χ2n) is 7.68. The Morgan fingerprint density at radius 2 is 2.04 bits per heavy atom. The summed E-state index contributed by atoms with van der Waals surface area (Å²) >= 11 is 0. The summed E-state index contributed by atoms with van der Waals surface area (Å²) in [6.07, 6.45) is 6.09. The average molecular weight is 347 g/mol. The number of ether oxygens (including phenoxy) is 1. The van der Waals surface area contributed by atoms with E-state index in [2.05, 4.69) is 0 Å². The van der Waals surface area contributed by atoms with Gasteiger partial charge in [0, 0.05) is 53.5 Å². The topological polar surface area (TPSA) is 54.8 Å². The van der Waals surface area contributed by atoms with Gasteiger partial charge in [-0.3, -0.25) is 9.59 Å².